The summed E-state index contributed by atoms with van der Waals surface area (Å²) in [5, 5.41) is 4.02. The third-order valence-electron chi connectivity index (χ3n) is 1.90. The molecule has 1 rings (SSSR count). The van der Waals surface area contributed by atoms with Gasteiger partial charge in [-0.1, -0.05) is 20.8 Å². The lowest BCUT2D eigenvalue weighted by molar-refractivity contribution is 0.371. The molecule has 1 aromatic rings. The second kappa shape index (κ2) is 3.25. The molecule has 0 aromatic carbocycles. The molecule has 1 heterocycles. The van der Waals surface area contributed by atoms with Gasteiger partial charge in [0.15, 0.2) is 0 Å². The Bertz CT molecular complexity index is 245. The van der Waals surface area contributed by atoms with Crippen LogP contribution >= 0.6 is 0 Å². The van der Waals surface area contributed by atoms with Gasteiger partial charge in [0, 0.05) is 13.5 Å². The summed E-state index contributed by atoms with van der Waals surface area (Å²) in [4.78, 5) is 4.17. The third kappa shape index (κ3) is 2.64. The van der Waals surface area contributed by atoms with Gasteiger partial charge < -0.3 is 0 Å². The largest absolute Gasteiger partial charge is 0.253 e. The molecule has 0 N–H and O–H groups in total. The van der Waals surface area contributed by atoms with E-state index in [4.69, 9.17) is 0 Å². The quantitative estimate of drug-likeness (QED) is 0.672. The Morgan fingerprint density at radius 3 is 2.50 bits per heavy atom. The lowest BCUT2D eigenvalue weighted by atomic mass is 9.90. The summed E-state index contributed by atoms with van der Waals surface area (Å²) < 4.78 is 1.84. The Labute approximate surface area is 73.8 Å². The van der Waals surface area contributed by atoms with Gasteiger partial charge in [-0.25, -0.2) is 4.98 Å². The standard InChI is InChI=1S/C9H17N3/c1-9(2,3)6-5-8-10-7-11-12(8)4/h7H,5-6H2,1-4H3. The predicted molar refractivity (Wildman–Crippen MR) is 48.8 cm³/mol. The van der Waals surface area contributed by atoms with E-state index in [-0.39, 0.29) is 0 Å². The van der Waals surface area contributed by atoms with Gasteiger partial charge in [-0.3, -0.25) is 4.68 Å². The van der Waals surface area contributed by atoms with Crippen LogP contribution in [0.3, 0.4) is 0 Å². The third-order valence-corrected chi connectivity index (χ3v) is 1.90. The van der Waals surface area contributed by atoms with Crippen molar-refractivity contribution in [2.24, 2.45) is 12.5 Å². The zero-order chi connectivity index (χ0) is 9.19. The minimum atomic E-state index is 0.381. The molecule has 0 radical (unpaired) electrons. The van der Waals surface area contributed by atoms with Crippen molar-refractivity contribution >= 4 is 0 Å². The molecule has 0 unspecified atom stereocenters. The normalized spacial score (nSPS) is 12.0. The van der Waals surface area contributed by atoms with Gasteiger partial charge >= 0.3 is 0 Å². The summed E-state index contributed by atoms with van der Waals surface area (Å²) in [5.74, 6) is 1.07. The van der Waals surface area contributed by atoms with E-state index in [9.17, 15) is 0 Å². The molecule has 0 amide bonds. The first-order valence-electron chi connectivity index (χ1n) is 4.32. The Balaban J connectivity index is 2.49. The van der Waals surface area contributed by atoms with E-state index < -0.39 is 0 Å². The highest BCUT2D eigenvalue weighted by Gasteiger charge is 2.11. The summed E-state index contributed by atoms with van der Waals surface area (Å²) in [7, 11) is 1.94. The van der Waals surface area contributed by atoms with Crippen LogP contribution < -0.4 is 0 Å². The maximum absolute atomic E-state index is 4.17. The van der Waals surface area contributed by atoms with Crippen molar-refractivity contribution in [3.8, 4) is 0 Å². The highest BCUT2D eigenvalue weighted by molar-refractivity contribution is 4.84. The SMILES string of the molecule is Cn1ncnc1CCC(C)(C)C. The molecule has 0 spiro atoms. The monoisotopic (exact) mass is 167 g/mol. The van der Waals surface area contributed by atoms with Gasteiger partial charge in [0.05, 0.1) is 0 Å². The van der Waals surface area contributed by atoms with E-state index >= 15 is 0 Å². The maximum atomic E-state index is 4.17. The van der Waals surface area contributed by atoms with E-state index in [1.807, 2.05) is 11.7 Å². The van der Waals surface area contributed by atoms with Crippen LogP contribution in [0.5, 0.6) is 0 Å². The number of rotatable bonds is 2. The van der Waals surface area contributed by atoms with Crippen molar-refractivity contribution in [3.63, 3.8) is 0 Å². The van der Waals surface area contributed by atoms with E-state index in [2.05, 4.69) is 30.9 Å². The highest BCUT2D eigenvalue weighted by Crippen LogP contribution is 2.20. The van der Waals surface area contributed by atoms with Crippen LogP contribution in [0.2, 0.25) is 0 Å². The minimum Gasteiger partial charge on any atom is -0.253 e. The molecule has 0 fully saturated rings. The first-order chi connectivity index (χ1) is 5.49. The molecule has 0 bridgehead atoms. The van der Waals surface area contributed by atoms with Crippen LogP contribution in [0, 0.1) is 5.41 Å². The minimum absolute atomic E-state index is 0.381. The van der Waals surface area contributed by atoms with E-state index in [1.54, 1.807) is 6.33 Å². The fourth-order valence-electron chi connectivity index (χ4n) is 1.03. The van der Waals surface area contributed by atoms with Gasteiger partial charge in [0.1, 0.15) is 12.2 Å². The number of aromatic nitrogens is 3. The lowest BCUT2D eigenvalue weighted by Crippen LogP contribution is -2.09. The molecule has 68 valence electrons. The van der Waals surface area contributed by atoms with E-state index in [1.165, 1.54) is 0 Å². The van der Waals surface area contributed by atoms with E-state index in [0.717, 1.165) is 18.7 Å². The maximum Gasteiger partial charge on any atom is 0.138 e. The summed E-state index contributed by atoms with van der Waals surface area (Å²) in [6, 6.07) is 0. The fourth-order valence-corrected chi connectivity index (χ4v) is 1.03. The Morgan fingerprint density at radius 2 is 2.08 bits per heavy atom. The molecule has 0 aliphatic carbocycles. The molecular formula is C9H17N3. The average Bonchev–Trinajstić information content (AvgIpc) is 2.29. The summed E-state index contributed by atoms with van der Waals surface area (Å²) >= 11 is 0. The number of hydrogen-bond donors (Lipinski definition) is 0. The summed E-state index contributed by atoms with van der Waals surface area (Å²) in [5.41, 5.74) is 0.381. The predicted octanol–water partition coefficient (Wildman–Crippen LogP) is 1.79. The van der Waals surface area contributed by atoms with Crippen LogP contribution in [0.4, 0.5) is 0 Å². The van der Waals surface area contributed by atoms with Crippen LogP contribution in [0.1, 0.15) is 33.0 Å². The smallest absolute Gasteiger partial charge is 0.138 e. The molecule has 3 heteroatoms. The fraction of sp³-hybridized carbons (Fsp3) is 0.778. The number of aryl methyl sites for hydroxylation is 2. The van der Waals surface area contributed by atoms with Crippen molar-refractivity contribution in [1.82, 2.24) is 14.8 Å². The summed E-state index contributed by atoms with van der Waals surface area (Å²) in [6.07, 6.45) is 3.78. The second-order valence-electron chi connectivity index (χ2n) is 4.36. The van der Waals surface area contributed by atoms with Gasteiger partial charge in [0.25, 0.3) is 0 Å². The second-order valence-corrected chi connectivity index (χ2v) is 4.36. The Kier molecular flexibility index (Phi) is 2.50. The van der Waals surface area contributed by atoms with Crippen molar-refractivity contribution in [2.75, 3.05) is 0 Å². The van der Waals surface area contributed by atoms with Crippen molar-refractivity contribution in [1.29, 1.82) is 0 Å². The molecule has 0 aliphatic heterocycles. The van der Waals surface area contributed by atoms with Gasteiger partial charge in [0.2, 0.25) is 0 Å². The molecular weight excluding hydrogens is 150 g/mol. The Hall–Kier alpha value is -0.860. The van der Waals surface area contributed by atoms with Gasteiger partial charge in [-0.15, -0.1) is 0 Å². The molecule has 1 aromatic heterocycles. The van der Waals surface area contributed by atoms with Crippen LogP contribution in [0.25, 0.3) is 0 Å². The van der Waals surface area contributed by atoms with Crippen molar-refractivity contribution in [2.45, 2.75) is 33.6 Å². The van der Waals surface area contributed by atoms with Crippen LogP contribution in [-0.2, 0) is 13.5 Å². The molecule has 0 atom stereocenters. The Morgan fingerprint density at radius 1 is 1.42 bits per heavy atom. The zero-order valence-corrected chi connectivity index (χ0v) is 8.33. The molecule has 3 nitrogen and oxygen atoms in total. The first-order valence-corrected chi connectivity index (χ1v) is 4.32. The molecule has 12 heavy (non-hydrogen) atoms. The van der Waals surface area contributed by atoms with Crippen LogP contribution in [-0.4, -0.2) is 14.8 Å². The topological polar surface area (TPSA) is 30.7 Å². The zero-order valence-electron chi connectivity index (χ0n) is 8.33. The number of nitrogens with zero attached hydrogens (tertiary/aromatic N) is 3. The van der Waals surface area contributed by atoms with Crippen molar-refractivity contribution < 1.29 is 0 Å². The number of hydrogen-bond acceptors (Lipinski definition) is 2. The first kappa shape index (κ1) is 9.23. The van der Waals surface area contributed by atoms with Gasteiger partial charge in [-0.05, 0) is 11.8 Å². The van der Waals surface area contributed by atoms with Gasteiger partial charge in [-0.2, -0.15) is 5.10 Å². The highest BCUT2D eigenvalue weighted by atomic mass is 15.3. The van der Waals surface area contributed by atoms with Crippen LogP contribution in [0.15, 0.2) is 6.33 Å². The molecule has 0 aliphatic rings. The van der Waals surface area contributed by atoms with Crippen molar-refractivity contribution in [3.05, 3.63) is 12.2 Å². The molecule has 0 saturated heterocycles. The summed E-state index contributed by atoms with van der Waals surface area (Å²) in [6.45, 7) is 6.72. The van der Waals surface area contributed by atoms with E-state index in [0.29, 0.717) is 5.41 Å². The average molecular weight is 167 g/mol. The lowest BCUT2D eigenvalue weighted by Gasteiger charge is -2.16. The molecule has 0 saturated carbocycles.